The van der Waals surface area contributed by atoms with Gasteiger partial charge in [0.2, 0.25) is 0 Å². The van der Waals surface area contributed by atoms with Gasteiger partial charge in [-0.2, -0.15) is 0 Å². The van der Waals surface area contributed by atoms with Crippen molar-refractivity contribution in [2.75, 3.05) is 0 Å². The maximum absolute atomic E-state index is 13.7. The molecule has 0 aliphatic rings. The Kier molecular flexibility index (Phi) is 3.00. The smallest absolute Gasteiger partial charge is 0.131 e. The first-order valence-corrected chi connectivity index (χ1v) is 5.25. The number of hydrogen-bond acceptors (Lipinski definition) is 0. The summed E-state index contributed by atoms with van der Waals surface area (Å²) in [6, 6.07) is 11.1. The molecule has 0 aromatic heterocycles. The van der Waals surface area contributed by atoms with Crippen LogP contribution in [0.2, 0.25) is 0 Å². The van der Waals surface area contributed by atoms with Gasteiger partial charge in [0.25, 0.3) is 0 Å². The van der Waals surface area contributed by atoms with Crippen molar-refractivity contribution in [3.05, 3.63) is 59.7 Å². The van der Waals surface area contributed by atoms with Gasteiger partial charge < -0.3 is 0 Å². The number of halogens is 2. The summed E-state index contributed by atoms with van der Waals surface area (Å²) in [7, 11) is 0. The van der Waals surface area contributed by atoms with E-state index in [2.05, 4.69) is 0 Å². The van der Waals surface area contributed by atoms with Gasteiger partial charge in [-0.1, -0.05) is 37.3 Å². The van der Waals surface area contributed by atoms with Gasteiger partial charge in [-0.3, -0.25) is 0 Å². The van der Waals surface area contributed by atoms with Crippen LogP contribution in [-0.4, -0.2) is 0 Å². The number of hydrogen-bond donors (Lipinski definition) is 0. The molecule has 16 heavy (non-hydrogen) atoms. The van der Waals surface area contributed by atoms with E-state index in [1.54, 1.807) is 24.3 Å². The zero-order valence-corrected chi connectivity index (χ0v) is 9.00. The fraction of sp³-hybridized carbons (Fsp3) is 0.143. The largest absolute Gasteiger partial charge is 0.206 e. The van der Waals surface area contributed by atoms with Gasteiger partial charge in [0.15, 0.2) is 0 Å². The Bertz CT molecular complexity index is 504. The quantitative estimate of drug-likeness (QED) is 0.708. The summed E-state index contributed by atoms with van der Waals surface area (Å²) in [4.78, 5) is 0. The Labute approximate surface area is 93.5 Å². The zero-order chi connectivity index (χ0) is 11.5. The van der Waals surface area contributed by atoms with Crippen molar-refractivity contribution >= 4 is 0 Å². The molecule has 0 aliphatic carbocycles. The Balaban J connectivity index is 2.53. The van der Waals surface area contributed by atoms with E-state index in [-0.39, 0.29) is 5.82 Å². The number of aryl methyl sites for hydroxylation is 1. The topological polar surface area (TPSA) is 0 Å². The SMILES string of the molecule is CCc1ccc(-c2ccccc2F)c(F)c1. The van der Waals surface area contributed by atoms with Gasteiger partial charge >= 0.3 is 0 Å². The first-order chi connectivity index (χ1) is 7.72. The molecule has 82 valence electrons. The minimum atomic E-state index is -0.398. The lowest BCUT2D eigenvalue weighted by atomic mass is 10.0. The van der Waals surface area contributed by atoms with Crippen molar-refractivity contribution in [3.8, 4) is 11.1 Å². The van der Waals surface area contributed by atoms with Crippen molar-refractivity contribution in [1.82, 2.24) is 0 Å². The second kappa shape index (κ2) is 4.44. The third-order valence-electron chi connectivity index (χ3n) is 2.61. The van der Waals surface area contributed by atoms with E-state index in [0.717, 1.165) is 12.0 Å². The predicted molar refractivity (Wildman–Crippen MR) is 61.2 cm³/mol. The van der Waals surface area contributed by atoms with Gasteiger partial charge in [0.05, 0.1) is 0 Å². The summed E-state index contributed by atoms with van der Waals surface area (Å²) in [6.45, 7) is 1.96. The van der Waals surface area contributed by atoms with Crippen LogP contribution in [0.15, 0.2) is 42.5 Å². The Morgan fingerprint density at radius 2 is 1.56 bits per heavy atom. The molecule has 0 fully saturated rings. The van der Waals surface area contributed by atoms with E-state index in [9.17, 15) is 8.78 Å². The van der Waals surface area contributed by atoms with E-state index in [1.807, 2.05) is 13.0 Å². The minimum absolute atomic E-state index is 0.308. The van der Waals surface area contributed by atoms with Crippen LogP contribution in [0.4, 0.5) is 8.78 Å². The monoisotopic (exact) mass is 218 g/mol. The molecule has 0 heterocycles. The van der Waals surface area contributed by atoms with E-state index >= 15 is 0 Å². The highest BCUT2D eigenvalue weighted by molar-refractivity contribution is 5.65. The molecule has 2 rings (SSSR count). The highest BCUT2D eigenvalue weighted by Gasteiger charge is 2.09. The molecule has 2 aromatic carbocycles. The summed E-state index contributed by atoms with van der Waals surface area (Å²) in [5.41, 5.74) is 1.54. The maximum Gasteiger partial charge on any atom is 0.131 e. The third-order valence-corrected chi connectivity index (χ3v) is 2.61. The molecule has 0 unspecified atom stereocenters. The zero-order valence-electron chi connectivity index (χ0n) is 9.00. The molecular formula is C14H12F2. The third kappa shape index (κ3) is 1.96. The van der Waals surface area contributed by atoms with Crippen molar-refractivity contribution in [1.29, 1.82) is 0 Å². The number of rotatable bonds is 2. The van der Waals surface area contributed by atoms with Crippen LogP contribution in [-0.2, 0) is 6.42 Å². The van der Waals surface area contributed by atoms with Crippen LogP contribution < -0.4 is 0 Å². The first-order valence-electron chi connectivity index (χ1n) is 5.25. The molecule has 0 N–H and O–H groups in total. The van der Waals surface area contributed by atoms with Crippen LogP contribution in [0.25, 0.3) is 11.1 Å². The molecule has 0 nitrogen and oxygen atoms in total. The fourth-order valence-corrected chi connectivity index (χ4v) is 1.68. The molecule has 0 saturated carbocycles. The second-order valence-electron chi connectivity index (χ2n) is 3.65. The summed E-state index contributed by atoms with van der Waals surface area (Å²) in [5, 5.41) is 0. The van der Waals surface area contributed by atoms with Crippen molar-refractivity contribution in [2.24, 2.45) is 0 Å². The highest BCUT2D eigenvalue weighted by Crippen LogP contribution is 2.26. The maximum atomic E-state index is 13.7. The molecular weight excluding hydrogens is 206 g/mol. The molecule has 0 saturated heterocycles. The molecule has 0 spiro atoms. The average molecular weight is 218 g/mol. The van der Waals surface area contributed by atoms with Crippen molar-refractivity contribution < 1.29 is 8.78 Å². The van der Waals surface area contributed by atoms with Gasteiger partial charge in [0.1, 0.15) is 11.6 Å². The van der Waals surface area contributed by atoms with Gasteiger partial charge in [0, 0.05) is 11.1 Å². The van der Waals surface area contributed by atoms with Gasteiger partial charge in [-0.15, -0.1) is 0 Å². The summed E-state index contributed by atoms with van der Waals surface area (Å²) >= 11 is 0. The molecule has 2 aromatic rings. The van der Waals surface area contributed by atoms with Crippen molar-refractivity contribution in [3.63, 3.8) is 0 Å². The normalized spacial score (nSPS) is 10.4. The first kappa shape index (κ1) is 10.8. The van der Waals surface area contributed by atoms with E-state index < -0.39 is 5.82 Å². The molecule has 0 radical (unpaired) electrons. The Morgan fingerprint density at radius 1 is 0.875 bits per heavy atom. The molecule has 0 aliphatic heterocycles. The summed E-state index contributed by atoms with van der Waals surface area (Å²) in [5.74, 6) is -0.768. The molecule has 0 amide bonds. The highest BCUT2D eigenvalue weighted by atomic mass is 19.1. The van der Waals surface area contributed by atoms with E-state index in [0.29, 0.717) is 11.1 Å². The van der Waals surface area contributed by atoms with Crippen LogP contribution in [0.5, 0.6) is 0 Å². The van der Waals surface area contributed by atoms with E-state index in [1.165, 1.54) is 12.1 Å². The fourth-order valence-electron chi connectivity index (χ4n) is 1.68. The number of benzene rings is 2. The Morgan fingerprint density at radius 3 is 2.19 bits per heavy atom. The van der Waals surface area contributed by atoms with Gasteiger partial charge in [-0.25, -0.2) is 8.78 Å². The standard InChI is InChI=1S/C14H12F2/c1-2-10-7-8-12(14(16)9-10)11-5-3-4-6-13(11)15/h3-9H,2H2,1H3. The van der Waals surface area contributed by atoms with E-state index in [4.69, 9.17) is 0 Å². The van der Waals surface area contributed by atoms with Crippen LogP contribution in [0.3, 0.4) is 0 Å². The van der Waals surface area contributed by atoms with Crippen LogP contribution >= 0.6 is 0 Å². The molecule has 2 heteroatoms. The average Bonchev–Trinajstić information content (AvgIpc) is 2.30. The predicted octanol–water partition coefficient (Wildman–Crippen LogP) is 4.19. The molecule has 0 atom stereocenters. The lowest BCUT2D eigenvalue weighted by Crippen LogP contribution is -1.90. The summed E-state index contributed by atoms with van der Waals surface area (Å²) in [6.07, 6.45) is 0.772. The Hall–Kier alpha value is -1.70. The second-order valence-corrected chi connectivity index (χ2v) is 3.65. The van der Waals surface area contributed by atoms with Crippen LogP contribution in [0, 0.1) is 11.6 Å². The lowest BCUT2D eigenvalue weighted by molar-refractivity contribution is 0.615. The molecule has 0 bridgehead atoms. The van der Waals surface area contributed by atoms with Gasteiger partial charge in [-0.05, 0) is 24.1 Å². The minimum Gasteiger partial charge on any atom is -0.206 e. The van der Waals surface area contributed by atoms with Crippen LogP contribution in [0.1, 0.15) is 12.5 Å². The lowest BCUT2D eigenvalue weighted by Gasteiger charge is -2.06. The van der Waals surface area contributed by atoms with Crippen molar-refractivity contribution in [2.45, 2.75) is 13.3 Å². The summed E-state index contributed by atoms with van der Waals surface area (Å²) < 4.78 is 27.2.